The van der Waals surface area contributed by atoms with E-state index in [2.05, 4.69) is 0 Å². The van der Waals surface area contributed by atoms with Gasteiger partial charge in [0.15, 0.2) is 19.7 Å². The molecule has 0 N–H and O–H groups in total. The molecule has 1 aromatic rings. The van der Waals surface area contributed by atoms with Crippen LogP contribution in [0.4, 0.5) is 0 Å². The molecule has 6 nitrogen and oxygen atoms in total. The number of benzene rings is 1. The van der Waals surface area contributed by atoms with Gasteiger partial charge in [0.25, 0.3) is 5.91 Å². The van der Waals surface area contributed by atoms with Gasteiger partial charge in [-0.1, -0.05) is 6.07 Å². The lowest BCUT2D eigenvalue weighted by molar-refractivity contribution is 0.0742. The molecule has 0 spiro atoms. The first-order chi connectivity index (χ1) is 10.3. The fourth-order valence-electron chi connectivity index (χ4n) is 2.11. The third kappa shape index (κ3) is 4.54. The van der Waals surface area contributed by atoms with E-state index in [0.717, 1.165) is 12.5 Å². The third-order valence-corrected chi connectivity index (χ3v) is 7.01. The number of nitrogens with zero attached hydrogens (tertiary/aromatic N) is 1. The number of carbonyl (C=O) groups excluding carboxylic acids is 1. The van der Waals surface area contributed by atoms with Crippen molar-refractivity contribution in [1.29, 1.82) is 0 Å². The lowest BCUT2D eigenvalue weighted by Gasteiger charge is -2.29. The van der Waals surface area contributed by atoms with Gasteiger partial charge in [-0.25, -0.2) is 16.8 Å². The second-order valence-corrected chi connectivity index (χ2v) is 10.4. The Morgan fingerprint density at radius 3 is 2.04 bits per heavy atom. The van der Waals surface area contributed by atoms with Crippen LogP contribution in [0.1, 0.15) is 29.8 Å². The minimum atomic E-state index is -3.43. The second kappa shape index (κ2) is 6.60. The van der Waals surface area contributed by atoms with Gasteiger partial charge in [-0.15, -0.1) is 0 Å². The average Bonchev–Trinajstić information content (AvgIpc) is 2.42. The fourth-order valence-corrected chi connectivity index (χ4v) is 3.65. The fraction of sp³-hybridized carbons (Fsp3) is 0.533. The quantitative estimate of drug-likeness (QED) is 0.788. The number of aryl methyl sites for hydroxylation is 1. The predicted molar refractivity (Wildman–Crippen MR) is 90.2 cm³/mol. The van der Waals surface area contributed by atoms with Crippen LogP contribution in [-0.2, 0) is 19.7 Å². The van der Waals surface area contributed by atoms with Gasteiger partial charge < -0.3 is 4.90 Å². The van der Waals surface area contributed by atoms with E-state index in [9.17, 15) is 21.6 Å². The molecule has 0 bridgehead atoms. The number of hydrogen-bond acceptors (Lipinski definition) is 5. The molecule has 0 aromatic heterocycles. The van der Waals surface area contributed by atoms with Gasteiger partial charge in [0.05, 0.1) is 10.1 Å². The maximum Gasteiger partial charge on any atom is 0.254 e. The van der Waals surface area contributed by atoms with E-state index in [1.165, 1.54) is 24.1 Å². The summed E-state index contributed by atoms with van der Waals surface area (Å²) in [5.74, 6) is -0.406. The van der Waals surface area contributed by atoms with E-state index in [-0.39, 0.29) is 10.5 Å². The first kappa shape index (κ1) is 19.6. The number of hydrogen-bond donors (Lipinski definition) is 0. The summed E-state index contributed by atoms with van der Waals surface area (Å²) in [7, 11) is -5.21. The van der Waals surface area contributed by atoms with Gasteiger partial charge in [-0.05, 0) is 38.5 Å². The molecule has 0 saturated heterocycles. The zero-order chi connectivity index (χ0) is 18.2. The van der Waals surface area contributed by atoms with E-state index in [4.69, 9.17) is 0 Å². The number of sulfone groups is 2. The molecular formula is C15H23NO5S2. The summed E-state index contributed by atoms with van der Waals surface area (Å²) < 4.78 is 46.7. The Labute approximate surface area is 138 Å². The van der Waals surface area contributed by atoms with Crippen molar-refractivity contribution in [3.63, 3.8) is 0 Å². The second-order valence-electron chi connectivity index (χ2n) is 5.94. The van der Waals surface area contributed by atoms with E-state index in [0.29, 0.717) is 5.56 Å². The topological polar surface area (TPSA) is 88.6 Å². The van der Waals surface area contributed by atoms with Crippen molar-refractivity contribution in [2.24, 2.45) is 0 Å². The molecular weight excluding hydrogens is 338 g/mol. The molecule has 0 heterocycles. The molecule has 8 heteroatoms. The molecule has 0 fully saturated rings. The summed E-state index contributed by atoms with van der Waals surface area (Å²) in [4.78, 5) is 14.0. The van der Waals surface area contributed by atoms with E-state index in [1.807, 2.05) is 0 Å². The highest BCUT2D eigenvalue weighted by Crippen LogP contribution is 2.19. The SMILES string of the molecule is Cc1ccc(S(C)(=O)=O)cc1C(=O)N(C)C(C)C(C)S(C)(=O)=O. The number of amides is 1. The van der Waals surface area contributed by atoms with Crippen LogP contribution in [0.2, 0.25) is 0 Å². The van der Waals surface area contributed by atoms with Crippen LogP contribution in [0.25, 0.3) is 0 Å². The van der Waals surface area contributed by atoms with Crippen molar-refractivity contribution in [1.82, 2.24) is 4.90 Å². The Balaban J connectivity index is 3.24. The van der Waals surface area contributed by atoms with Crippen molar-refractivity contribution in [3.05, 3.63) is 29.3 Å². The summed E-state index contributed by atoms with van der Waals surface area (Å²) >= 11 is 0. The zero-order valence-electron chi connectivity index (χ0n) is 14.2. The number of carbonyl (C=O) groups is 1. The average molecular weight is 361 g/mol. The van der Waals surface area contributed by atoms with Crippen LogP contribution in [0.5, 0.6) is 0 Å². The van der Waals surface area contributed by atoms with Gasteiger partial charge in [0, 0.05) is 31.2 Å². The van der Waals surface area contributed by atoms with Crippen molar-refractivity contribution in [2.75, 3.05) is 19.6 Å². The largest absolute Gasteiger partial charge is 0.338 e. The summed E-state index contributed by atoms with van der Waals surface area (Å²) in [5, 5.41) is -0.727. The van der Waals surface area contributed by atoms with E-state index < -0.39 is 36.9 Å². The van der Waals surface area contributed by atoms with Crippen LogP contribution >= 0.6 is 0 Å². The lowest BCUT2D eigenvalue weighted by Crippen LogP contribution is -2.44. The van der Waals surface area contributed by atoms with E-state index in [1.54, 1.807) is 26.8 Å². The van der Waals surface area contributed by atoms with Gasteiger partial charge in [0.2, 0.25) is 0 Å². The monoisotopic (exact) mass is 361 g/mol. The standard InChI is InChI=1S/C15H23NO5S2/c1-10-7-8-13(23(6,20)21)9-14(10)15(17)16(4)11(2)12(3)22(5,18)19/h7-9,11-12H,1-6H3. The summed E-state index contributed by atoms with van der Waals surface area (Å²) in [6, 6.07) is 3.81. The predicted octanol–water partition coefficient (Wildman–Crippen LogP) is 1.29. The van der Waals surface area contributed by atoms with Crippen LogP contribution in [0.15, 0.2) is 23.1 Å². The molecule has 0 saturated carbocycles. The highest BCUT2D eigenvalue weighted by atomic mass is 32.2. The van der Waals surface area contributed by atoms with Crippen LogP contribution in [0, 0.1) is 6.92 Å². The first-order valence-corrected chi connectivity index (χ1v) is 10.9. The van der Waals surface area contributed by atoms with Gasteiger partial charge in [0.1, 0.15) is 0 Å². The van der Waals surface area contributed by atoms with Gasteiger partial charge in [-0.3, -0.25) is 4.79 Å². The Bertz CT molecular complexity index is 812. The smallest absolute Gasteiger partial charge is 0.254 e. The molecule has 0 radical (unpaired) electrons. The molecule has 130 valence electrons. The summed E-state index contributed by atoms with van der Waals surface area (Å²) in [6.07, 6.45) is 2.20. The lowest BCUT2D eigenvalue weighted by atomic mass is 10.1. The molecule has 23 heavy (non-hydrogen) atoms. The van der Waals surface area contributed by atoms with Crippen LogP contribution in [-0.4, -0.2) is 58.5 Å². The van der Waals surface area contributed by atoms with Crippen molar-refractivity contribution < 1.29 is 21.6 Å². The van der Waals surface area contributed by atoms with Crippen LogP contribution in [0.3, 0.4) is 0 Å². The van der Waals surface area contributed by atoms with Gasteiger partial charge in [-0.2, -0.15) is 0 Å². The zero-order valence-corrected chi connectivity index (χ0v) is 15.8. The highest BCUT2D eigenvalue weighted by Gasteiger charge is 2.29. The van der Waals surface area contributed by atoms with Crippen molar-refractivity contribution in [2.45, 2.75) is 37.0 Å². The Morgan fingerprint density at radius 1 is 1.09 bits per heavy atom. The maximum atomic E-state index is 12.7. The molecule has 2 atom stereocenters. The molecule has 2 unspecified atom stereocenters. The van der Waals surface area contributed by atoms with Gasteiger partial charge >= 0.3 is 0 Å². The van der Waals surface area contributed by atoms with E-state index >= 15 is 0 Å². The Hall–Kier alpha value is -1.41. The van der Waals surface area contributed by atoms with Crippen LogP contribution < -0.4 is 0 Å². The molecule has 0 aliphatic rings. The maximum absolute atomic E-state index is 12.7. The Morgan fingerprint density at radius 2 is 1.61 bits per heavy atom. The molecule has 1 amide bonds. The van der Waals surface area contributed by atoms with Crippen molar-refractivity contribution in [3.8, 4) is 0 Å². The minimum absolute atomic E-state index is 0.0589. The minimum Gasteiger partial charge on any atom is -0.338 e. The molecule has 0 aliphatic carbocycles. The third-order valence-electron chi connectivity index (χ3n) is 4.15. The summed E-state index contributed by atoms with van der Waals surface area (Å²) in [6.45, 7) is 4.90. The molecule has 1 rings (SSSR count). The van der Waals surface area contributed by atoms with Crippen molar-refractivity contribution >= 4 is 25.6 Å². The molecule has 0 aliphatic heterocycles. The Kier molecular flexibility index (Phi) is 5.64. The first-order valence-electron chi connectivity index (χ1n) is 7.03. The summed E-state index contributed by atoms with van der Waals surface area (Å²) in [5.41, 5.74) is 0.886. The highest BCUT2D eigenvalue weighted by molar-refractivity contribution is 7.91. The molecule has 1 aromatic carbocycles. The number of rotatable bonds is 5. The normalized spacial score (nSPS) is 15.0.